The molecule has 0 radical (unpaired) electrons. The molecule has 110 valence electrons. The van der Waals surface area contributed by atoms with Crippen molar-refractivity contribution >= 4 is 0 Å². The van der Waals surface area contributed by atoms with E-state index < -0.39 is 0 Å². The first-order valence-corrected chi connectivity index (χ1v) is 7.53. The maximum Gasteiger partial charge on any atom is 0.0403 e. The van der Waals surface area contributed by atoms with Gasteiger partial charge in [-0.05, 0) is 37.1 Å². The largest absolute Gasteiger partial charge is 0.350 e. The standard InChI is InChI=1S/C20H20N2/c1-16(2)9-12-22-13-10-18(15-22)20-14-21-11-8-19(20)17-6-4-3-5-7-17/h3-11,13-15H,12H2,1-2H3. The lowest BCUT2D eigenvalue weighted by molar-refractivity contribution is 0.824. The molecule has 0 unspecified atom stereocenters. The molecule has 2 nitrogen and oxygen atoms in total. The van der Waals surface area contributed by atoms with Crippen molar-refractivity contribution in [1.82, 2.24) is 9.55 Å². The summed E-state index contributed by atoms with van der Waals surface area (Å²) >= 11 is 0. The van der Waals surface area contributed by atoms with E-state index in [4.69, 9.17) is 0 Å². The predicted octanol–water partition coefficient (Wildman–Crippen LogP) is 5.18. The molecule has 0 aliphatic carbocycles. The van der Waals surface area contributed by atoms with Gasteiger partial charge in [0.1, 0.15) is 0 Å². The molecule has 1 aromatic carbocycles. The number of hydrogen-bond donors (Lipinski definition) is 0. The summed E-state index contributed by atoms with van der Waals surface area (Å²) in [6, 6.07) is 14.7. The molecule has 0 saturated heterocycles. The summed E-state index contributed by atoms with van der Waals surface area (Å²) in [5.41, 5.74) is 6.15. The molecular weight excluding hydrogens is 268 g/mol. The molecule has 0 aliphatic heterocycles. The van der Waals surface area contributed by atoms with Gasteiger partial charge in [-0.1, -0.05) is 42.0 Å². The second-order valence-electron chi connectivity index (χ2n) is 5.67. The molecule has 0 saturated carbocycles. The van der Waals surface area contributed by atoms with Gasteiger partial charge >= 0.3 is 0 Å². The maximum absolute atomic E-state index is 4.31. The Hall–Kier alpha value is -2.61. The lowest BCUT2D eigenvalue weighted by atomic mass is 9.98. The topological polar surface area (TPSA) is 17.8 Å². The summed E-state index contributed by atoms with van der Waals surface area (Å²) in [7, 11) is 0. The van der Waals surface area contributed by atoms with Crippen LogP contribution in [-0.2, 0) is 6.54 Å². The van der Waals surface area contributed by atoms with E-state index >= 15 is 0 Å². The molecule has 0 N–H and O–H groups in total. The second-order valence-corrected chi connectivity index (χ2v) is 5.67. The van der Waals surface area contributed by atoms with Gasteiger partial charge in [0.15, 0.2) is 0 Å². The molecule has 0 amide bonds. The molecule has 3 rings (SSSR count). The fourth-order valence-corrected chi connectivity index (χ4v) is 2.50. The number of benzene rings is 1. The van der Waals surface area contributed by atoms with Crippen LogP contribution in [0.15, 0.2) is 78.9 Å². The number of pyridine rings is 1. The van der Waals surface area contributed by atoms with Crippen molar-refractivity contribution in [2.75, 3.05) is 0 Å². The first-order valence-electron chi connectivity index (χ1n) is 7.53. The fraction of sp³-hybridized carbons (Fsp3) is 0.150. The van der Waals surface area contributed by atoms with Crippen LogP contribution in [0.3, 0.4) is 0 Å². The molecule has 0 aliphatic rings. The van der Waals surface area contributed by atoms with Crippen LogP contribution in [0.1, 0.15) is 13.8 Å². The average Bonchev–Trinajstić information content (AvgIpc) is 3.03. The van der Waals surface area contributed by atoms with E-state index in [-0.39, 0.29) is 0 Å². The Bertz CT molecular complexity index is 778. The van der Waals surface area contributed by atoms with E-state index in [0.717, 1.165) is 6.54 Å². The highest BCUT2D eigenvalue weighted by Crippen LogP contribution is 2.31. The lowest BCUT2D eigenvalue weighted by Crippen LogP contribution is -1.91. The predicted molar refractivity (Wildman–Crippen MR) is 92.5 cm³/mol. The van der Waals surface area contributed by atoms with E-state index in [1.54, 1.807) is 0 Å². The molecule has 0 atom stereocenters. The summed E-state index contributed by atoms with van der Waals surface area (Å²) < 4.78 is 2.20. The van der Waals surface area contributed by atoms with Crippen LogP contribution in [-0.4, -0.2) is 9.55 Å². The van der Waals surface area contributed by atoms with Crippen LogP contribution in [0.2, 0.25) is 0 Å². The van der Waals surface area contributed by atoms with Gasteiger partial charge < -0.3 is 4.57 Å². The smallest absolute Gasteiger partial charge is 0.0403 e. The Balaban J connectivity index is 1.98. The van der Waals surface area contributed by atoms with Crippen molar-refractivity contribution in [2.45, 2.75) is 20.4 Å². The van der Waals surface area contributed by atoms with Gasteiger partial charge in [-0.25, -0.2) is 0 Å². The van der Waals surface area contributed by atoms with Crippen LogP contribution in [0, 0.1) is 0 Å². The highest BCUT2D eigenvalue weighted by atomic mass is 14.9. The third-order valence-electron chi connectivity index (χ3n) is 3.68. The molecule has 2 heteroatoms. The van der Waals surface area contributed by atoms with Crippen molar-refractivity contribution in [3.63, 3.8) is 0 Å². The summed E-state index contributed by atoms with van der Waals surface area (Å²) in [5, 5.41) is 0. The Kier molecular flexibility index (Phi) is 4.19. The van der Waals surface area contributed by atoms with Crippen LogP contribution in [0.5, 0.6) is 0 Å². The van der Waals surface area contributed by atoms with E-state index in [1.165, 1.54) is 27.8 Å². The molecule has 2 aromatic heterocycles. The number of nitrogens with zero attached hydrogens (tertiary/aromatic N) is 2. The molecular formula is C20H20N2. The SMILES string of the molecule is CC(C)=CCn1ccc(-c2cnccc2-c2ccccc2)c1. The van der Waals surface area contributed by atoms with Crippen molar-refractivity contribution in [3.8, 4) is 22.3 Å². The van der Waals surface area contributed by atoms with Crippen LogP contribution < -0.4 is 0 Å². The Morgan fingerprint density at radius 2 is 1.82 bits per heavy atom. The van der Waals surface area contributed by atoms with E-state index in [0.29, 0.717) is 0 Å². The minimum absolute atomic E-state index is 0.906. The second kappa shape index (κ2) is 6.44. The normalized spacial score (nSPS) is 10.5. The molecule has 3 aromatic rings. The van der Waals surface area contributed by atoms with Crippen LogP contribution in [0.25, 0.3) is 22.3 Å². The van der Waals surface area contributed by atoms with E-state index in [2.05, 4.69) is 78.3 Å². The van der Waals surface area contributed by atoms with Gasteiger partial charge in [-0.3, -0.25) is 4.98 Å². The maximum atomic E-state index is 4.31. The monoisotopic (exact) mass is 288 g/mol. The van der Waals surface area contributed by atoms with Crippen LogP contribution >= 0.6 is 0 Å². The zero-order chi connectivity index (χ0) is 15.4. The number of aromatic nitrogens is 2. The van der Waals surface area contributed by atoms with Crippen molar-refractivity contribution in [2.24, 2.45) is 0 Å². The van der Waals surface area contributed by atoms with Crippen molar-refractivity contribution < 1.29 is 0 Å². The first kappa shape index (κ1) is 14.3. The minimum Gasteiger partial charge on any atom is -0.350 e. The van der Waals surface area contributed by atoms with Gasteiger partial charge in [-0.2, -0.15) is 0 Å². The molecule has 0 spiro atoms. The Labute approximate surface area is 131 Å². The third-order valence-corrected chi connectivity index (χ3v) is 3.68. The summed E-state index contributed by atoms with van der Waals surface area (Å²) in [6.45, 7) is 5.15. The Morgan fingerprint density at radius 3 is 2.59 bits per heavy atom. The first-order chi connectivity index (χ1) is 10.7. The highest BCUT2D eigenvalue weighted by molar-refractivity contribution is 5.82. The van der Waals surface area contributed by atoms with E-state index in [1.807, 2.05) is 18.5 Å². The highest BCUT2D eigenvalue weighted by Gasteiger charge is 2.08. The molecule has 0 fully saturated rings. The van der Waals surface area contributed by atoms with Crippen molar-refractivity contribution in [3.05, 3.63) is 78.9 Å². The third kappa shape index (κ3) is 3.17. The van der Waals surface area contributed by atoms with Gasteiger partial charge in [0.25, 0.3) is 0 Å². The number of rotatable bonds is 4. The molecule has 2 heterocycles. The zero-order valence-corrected chi connectivity index (χ0v) is 13.0. The molecule has 0 bridgehead atoms. The quantitative estimate of drug-likeness (QED) is 0.605. The molecule has 22 heavy (non-hydrogen) atoms. The van der Waals surface area contributed by atoms with Crippen molar-refractivity contribution in [1.29, 1.82) is 0 Å². The summed E-state index contributed by atoms with van der Waals surface area (Å²) in [6.07, 6.45) is 10.3. The summed E-state index contributed by atoms with van der Waals surface area (Å²) in [5.74, 6) is 0. The van der Waals surface area contributed by atoms with Crippen LogP contribution in [0.4, 0.5) is 0 Å². The Morgan fingerprint density at radius 1 is 1.00 bits per heavy atom. The lowest BCUT2D eigenvalue weighted by Gasteiger charge is -2.07. The fourth-order valence-electron chi connectivity index (χ4n) is 2.50. The van der Waals surface area contributed by atoms with Gasteiger partial charge in [0, 0.05) is 42.5 Å². The average molecular weight is 288 g/mol. The minimum atomic E-state index is 0.906. The number of hydrogen-bond acceptors (Lipinski definition) is 1. The van der Waals surface area contributed by atoms with Gasteiger partial charge in [0.2, 0.25) is 0 Å². The van der Waals surface area contributed by atoms with Gasteiger partial charge in [0.05, 0.1) is 0 Å². The van der Waals surface area contributed by atoms with Gasteiger partial charge in [-0.15, -0.1) is 0 Å². The number of allylic oxidation sites excluding steroid dienone is 2. The zero-order valence-electron chi connectivity index (χ0n) is 13.0. The van der Waals surface area contributed by atoms with E-state index in [9.17, 15) is 0 Å². The summed E-state index contributed by atoms with van der Waals surface area (Å²) in [4.78, 5) is 4.31.